The third-order valence-corrected chi connectivity index (χ3v) is 5.75. The number of fused-ring (bicyclic) bond motifs is 1. The number of hydrogen-bond acceptors (Lipinski definition) is 6. The van der Waals surface area contributed by atoms with Crippen LogP contribution in [0, 0.1) is 17.1 Å². The Hall–Kier alpha value is -3.48. The summed E-state index contributed by atoms with van der Waals surface area (Å²) < 4.78 is 25.9. The molecule has 0 aliphatic heterocycles. The maximum Gasteiger partial charge on any atom is 0.149 e. The number of hydrogen-bond donors (Lipinski definition) is 3. The molecule has 0 aliphatic carbocycles. The zero-order chi connectivity index (χ0) is 22.0. The molecule has 3 N–H and O–H groups in total. The third-order valence-electron chi connectivity index (χ3n) is 4.53. The molecule has 10 heteroatoms. The van der Waals surface area contributed by atoms with Crippen LogP contribution in [0.5, 0.6) is 0 Å². The van der Waals surface area contributed by atoms with Crippen LogP contribution in [0.1, 0.15) is 11.3 Å². The molecule has 2 aromatic carbocycles. The number of nitrogens with zero attached hydrogens (tertiary/aromatic N) is 3. The first kappa shape index (κ1) is 20.8. The Labute approximate surface area is 184 Å². The van der Waals surface area contributed by atoms with Gasteiger partial charge >= 0.3 is 0 Å². The lowest BCUT2D eigenvalue weighted by Gasteiger charge is -2.13. The predicted octanol–water partition coefficient (Wildman–Crippen LogP) is 4.72. The highest BCUT2D eigenvalue weighted by Crippen LogP contribution is 2.30. The normalized spacial score (nSPS) is 11.8. The summed E-state index contributed by atoms with van der Waals surface area (Å²) in [6.45, 7) is 0.505. The quantitative estimate of drug-likeness (QED) is 0.389. The number of imidazole rings is 1. The van der Waals surface area contributed by atoms with Gasteiger partial charge in [-0.1, -0.05) is 11.6 Å². The maximum absolute atomic E-state index is 13.5. The fourth-order valence-electron chi connectivity index (χ4n) is 3.05. The molecule has 31 heavy (non-hydrogen) atoms. The fraction of sp³-hybridized carbons (Fsp3) is 0.0952. The number of rotatable bonds is 6. The molecule has 0 fully saturated rings. The van der Waals surface area contributed by atoms with Crippen molar-refractivity contribution in [3.63, 3.8) is 0 Å². The molecule has 2 aromatic heterocycles. The van der Waals surface area contributed by atoms with E-state index in [1.54, 1.807) is 30.9 Å². The number of anilines is 3. The minimum Gasteiger partial charge on any atom is -0.379 e. The lowest BCUT2D eigenvalue weighted by Crippen LogP contribution is -2.03. The van der Waals surface area contributed by atoms with Gasteiger partial charge in [-0.3, -0.25) is 4.21 Å². The van der Waals surface area contributed by atoms with E-state index < -0.39 is 16.6 Å². The second-order valence-electron chi connectivity index (χ2n) is 6.68. The highest BCUT2D eigenvalue weighted by atomic mass is 35.5. The van der Waals surface area contributed by atoms with Gasteiger partial charge in [-0.05, 0) is 36.4 Å². The van der Waals surface area contributed by atoms with Crippen LogP contribution in [0.15, 0.2) is 53.8 Å². The highest BCUT2D eigenvalue weighted by Gasteiger charge is 2.14. The van der Waals surface area contributed by atoms with Crippen LogP contribution < -0.4 is 10.6 Å². The van der Waals surface area contributed by atoms with E-state index in [9.17, 15) is 13.9 Å². The summed E-state index contributed by atoms with van der Waals surface area (Å²) in [4.78, 5) is 12.1. The summed E-state index contributed by atoms with van der Waals surface area (Å²) >= 11 is 5.85. The zero-order valence-corrected chi connectivity index (χ0v) is 17.8. The van der Waals surface area contributed by atoms with E-state index in [4.69, 9.17) is 11.6 Å². The number of pyridine rings is 1. The molecule has 0 spiro atoms. The van der Waals surface area contributed by atoms with Crippen molar-refractivity contribution >= 4 is 50.5 Å². The summed E-state index contributed by atoms with van der Waals surface area (Å²) in [5, 5.41) is 16.5. The average Bonchev–Trinajstić information content (AvgIpc) is 3.27. The van der Waals surface area contributed by atoms with Crippen molar-refractivity contribution in [1.29, 1.82) is 5.26 Å². The van der Waals surface area contributed by atoms with E-state index in [0.717, 1.165) is 11.4 Å². The highest BCUT2D eigenvalue weighted by molar-refractivity contribution is 7.84. The van der Waals surface area contributed by atoms with E-state index in [1.165, 1.54) is 18.2 Å². The number of nitriles is 1. The molecule has 0 aliphatic rings. The molecule has 156 valence electrons. The van der Waals surface area contributed by atoms with E-state index in [2.05, 4.69) is 31.7 Å². The SMILES string of the molecule is CS(=O)c1cc(NCc2cnc[nH]2)cc2cc(C#N)c(Nc3ccc(F)c(Cl)c3)nc12. The maximum atomic E-state index is 13.5. The van der Waals surface area contributed by atoms with Crippen LogP contribution in [-0.2, 0) is 17.3 Å². The van der Waals surface area contributed by atoms with Crippen LogP contribution in [0.4, 0.5) is 21.6 Å². The largest absolute Gasteiger partial charge is 0.379 e. The minimum atomic E-state index is -1.33. The topological polar surface area (TPSA) is 106 Å². The van der Waals surface area contributed by atoms with Crippen LogP contribution >= 0.6 is 11.6 Å². The summed E-state index contributed by atoms with van der Waals surface area (Å²) in [7, 11) is -1.33. The first-order valence-corrected chi connectivity index (χ1v) is 11.0. The first-order chi connectivity index (χ1) is 14.9. The summed E-state index contributed by atoms with van der Waals surface area (Å²) in [6.07, 6.45) is 4.87. The molecule has 4 aromatic rings. The smallest absolute Gasteiger partial charge is 0.149 e. The lowest BCUT2D eigenvalue weighted by molar-refractivity contribution is 0.628. The Bertz CT molecular complexity index is 1340. The van der Waals surface area contributed by atoms with Gasteiger partial charge in [0.15, 0.2) is 0 Å². The number of aromatic amines is 1. The predicted molar refractivity (Wildman–Crippen MR) is 119 cm³/mol. The van der Waals surface area contributed by atoms with E-state index in [1.807, 2.05) is 6.07 Å². The van der Waals surface area contributed by atoms with Gasteiger partial charge in [-0.2, -0.15) is 5.26 Å². The molecule has 0 bridgehead atoms. The van der Waals surface area contributed by atoms with Gasteiger partial charge in [-0.15, -0.1) is 0 Å². The molecule has 0 saturated carbocycles. The monoisotopic (exact) mass is 454 g/mol. The molecule has 4 rings (SSSR count). The third kappa shape index (κ3) is 4.50. The zero-order valence-electron chi connectivity index (χ0n) is 16.2. The van der Waals surface area contributed by atoms with E-state index in [-0.39, 0.29) is 16.4 Å². The Morgan fingerprint density at radius 1 is 1.26 bits per heavy atom. The Kier molecular flexibility index (Phi) is 5.84. The van der Waals surface area contributed by atoms with Crippen molar-refractivity contribution < 1.29 is 8.60 Å². The Balaban J connectivity index is 1.76. The number of H-pyrrole nitrogens is 1. The van der Waals surface area contributed by atoms with Crippen LogP contribution in [0.25, 0.3) is 10.9 Å². The minimum absolute atomic E-state index is 0.0485. The molecule has 1 atom stereocenters. The van der Waals surface area contributed by atoms with Crippen molar-refractivity contribution in [2.75, 3.05) is 16.9 Å². The molecule has 0 saturated heterocycles. The fourth-order valence-corrected chi connectivity index (χ4v) is 3.96. The van der Waals surface area contributed by atoms with Crippen LogP contribution in [0.2, 0.25) is 5.02 Å². The second kappa shape index (κ2) is 8.71. The number of aromatic nitrogens is 3. The molecular formula is C21H16ClFN6OS. The van der Waals surface area contributed by atoms with Crippen molar-refractivity contribution in [2.45, 2.75) is 11.4 Å². The van der Waals surface area contributed by atoms with Gasteiger partial charge in [-0.25, -0.2) is 14.4 Å². The molecule has 0 radical (unpaired) electrons. The Morgan fingerprint density at radius 2 is 2.10 bits per heavy atom. The van der Waals surface area contributed by atoms with Gasteiger partial charge in [0.25, 0.3) is 0 Å². The van der Waals surface area contributed by atoms with Gasteiger partial charge in [0.2, 0.25) is 0 Å². The Morgan fingerprint density at radius 3 is 2.77 bits per heavy atom. The van der Waals surface area contributed by atoms with Crippen molar-refractivity contribution in [3.05, 3.63) is 71.0 Å². The summed E-state index contributed by atoms with van der Waals surface area (Å²) in [5.41, 5.74) is 2.90. The van der Waals surface area contributed by atoms with Crippen LogP contribution in [0.3, 0.4) is 0 Å². The molecule has 0 amide bonds. The van der Waals surface area contributed by atoms with Gasteiger partial charge in [0.1, 0.15) is 17.7 Å². The standard InChI is InChI=1S/C21H16ClFN6OS/c1-31(30)19-7-15(26-10-16-9-25-11-27-16)5-12-4-13(8-24)21(29-20(12)19)28-14-2-3-18(23)17(22)6-14/h2-7,9,11,26H,10H2,1H3,(H,25,27)(H,28,29). The summed E-state index contributed by atoms with van der Waals surface area (Å²) in [6, 6.07) is 11.5. The molecule has 1 unspecified atom stereocenters. The molecule has 2 heterocycles. The first-order valence-electron chi connectivity index (χ1n) is 9.10. The lowest BCUT2D eigenvalue weighted by atomic mass is 10.1. The van der Waals surface area contributed by atoms with Gasteiger partial charge < -0.3 is 15.6 Å². The second-order valence-corrected chi connectivity index (χ2v) is 8.44. The van der Waals surface area contributed by atoms with Gasteiger partial charge in [0, 0.05) is 29.2 Å². The average molecular weight is 455 g/mol. The molecule has 7 nitrogen and oxygen atoms in total. The van der Waals surface area contributed by atoms with Crippen molar-refractivity contribution in [2.24, 2.45) is 0 Å². The van der Waals surface area contributed by atoms with E-state index in [0.29, 0.717) is 28.0 Å². The number of halogens is 2. The van der Waals surface area contributed by atoms with Gasteiger partial charge in [0.05, 0.1) is 50.4 Å². The van der Waals surface area contributed by atoms with E-state index >= 15 is 0 Å². The van der Waals surface area contributed by atoms with Crippen LogP contribution in [-0.4, -0.2) is 25.4 Å². The molecular weight excluding hydrogens is 439 g/mol. The number of benzene rings is 2. The van der Waals surface area contributed by atoms with Crippen molar-refractivity contribution in [3.8, 4) is 6.07 Å². The number of nitrogens with one attached hydrogen (secondary N) is 3. The summed E-state index contributed by atoms with van der Waals surface area (Å²) in [5.74, 6) is -0.277. The van der Waals surface area contributed by atoms with Crippen molar-refractivity contribution in [1.82, 2.24) is 15.0 Å².